The molecular weight excluding hydrogens is 164 g/mol. The van der Waals surface area contributed by atoms with Gasteiger partial charge in [0.1, 0.15) is 5.82 Å². The number of nitrogen functional groups attached to an aromatic ring is 1. The summed E-state index contributed by atoms with van der Waals surface area (Å²) >= 11 is 0. The van der Waals surface area contributed by atoms with Crippen molar-refractivity contribution in [1.82, 2.24) is 4.98 Å². The molecule has 0 aliphatic rings. The Labute approximate surface area is 68.6 Å². The van der Waals surface area contributed by atoms with E-state index >= 15 is 0 Å². The van der Waals surface area contributed by atoms with Gasteiger partial charge in [-0.15, -0.1) is 0 Å². The van der Waals surface area contributed by atoms with E-state index in [1.807, 2.05) is 0 Å². The summed E-state index contributed by atoms with van der Waals surface area (Å²) in [6, 6.07) is 3.09. The number of anilines is 2. The van der Waals surface area contributed by atoms with E-state index in [1.54, 1.807) is 6.07 Å². The van der Waals surface area contributed by atoms with Crippen molar-refractivity contribution in [2.75, 3.05) is 17.6 Å². The third-order valence-electron chi connectivity index (χ3n) is 1.22. The topological polar surface area (TPSA) is 50.9 Å². The number of pyridine rings is 1. The van der Waals surface area contributed by atoms with Crippen molar-refractivity contribution in [1.29, 1.82) is 0 Å². The first-order valence-electron chi connectivity index (χ1n) is 3.42. The molecule has 5 heteroatoms. The van der Waals surface area contributed by atoms with Crippen LogP contribution in [0.25, 0.3) is 0 Å². The molecular formula is C7H9F2N3. The van der Waals surface area contributed by atoms with Crippen LogP contribution in [0.3, 0.4) is 0 Å². The highest BCUT2D eigenvalue weighted by molar-refractivity contribution is 5.48. The van der Waals surface area contributed by atoms with Gasteiger partial charge >= 0.3 is 0 Å². The lowest BCUT2D eigenvalue weighted by Gasteiger charge is -2.03. The van der Waals surface area contributed by atoms with Crippen molar-refractivity contribution >= 4 is 11.5 Å². The van der Waals surface area contributed by atoms with E-state index in [0.29, 0.717) is 11.5 Å². The molecule has 0 bridgehead atoms. The Kier molecular flexibility index (Phi) is 2.79. The van der Waals surface area contributed by atoms with Crippen LogP contribution < -0.4 is 11.1 Å². The fraction of sp³-hybridized carbons (Fsp3) is 0.286. The minimum absolute atomic E-state index is 0.371. The molecule has 0 aromatic carbocycles. The number of nitrogens with two attached hydrogens (primary N) is 1. The van der Waals surface area contributed by atoms with E-state index in [0.717, 1.165) is 0 Å². The van der Waals surface area contributed by atoms with Crippen molar-refractivity contribution in [3.63, 3.8) is 0 Å². The van der Waals surface area contributed by atoms with Gasteiger partial charge in [0.05, 0.1) is 6.54 Å². The molecule has 0 spiro atoms. The van der Waals surface area contributed by atoms with E-state index in [1.165, 1.54) is 12.3 Å². The number of hydrogen-bond donors (Lipinski definition) is 2. The highest BCUT2D eigenvalue weighted by atomic mass is 19.3. The zero-order valence-electron chi connectivity index (χ0n) is 6.30. The second-order valence-electron chi connectivity index (χ2n) is 2.25. The fourth-order valence-electron chi connectivity index (χ4n) is 0.725. The number of rotatable bonds is 3. The highest BCUT2D eigenvalue weighted by Crippen LogP contribution is 2.07. The number of nitrogens with zero attached hydrogens (tertiary/aromatic N) is 1. The Balaban J connectivity index is 2.52. The number of hydrogen-bond acceptors (Lipinski definition) is 3. The van der Waals surface area contributed by atoms with Gasteiger partial charge in [-0.2, -0.15) is 0 Å². The van der Waals surface area contributed by atoms with Crippen LogP contribution in [-0.2, 0) is 0 Å². The molecule has 1 aromatic heterocycles. The quantitative estimate of drug-likeness (QED) is 0.725. The normalized spacial score (nSPS) is 10.2. The van der Waals surface area contributed by atoms with Crippen LogP contribution in [0.1, 0.15) is 0 Å². The molecule has 0 aliphatic heterocycles. The average molecular weight is 173 g/mol. The largest absolute Gasteiger partial charge is 0.399 e. The Hall–Kier alpha value is -1.39. The van der Waals surface area contributed by atoms with Gasteiger partial charge in [0, 0.05) is 18.0 Å². The molecule has 0 unspecified atom stereocenters. The number of halogens is 2. The van der Waals surface area contributed by atoms with Crippen molar-refractivity contribution in [3.8, 4) is 0 Å². The summed E-state index contributed by atoms with van der Waals surface area (Å²) < 4.78 is 23.4. The molecule has 1 heterocycles. The zero-order chi connectivity index (χ0) is 8.97. The Morgan fingerprint density at radius 3 is 2.92 bits per heavy atom. The predicted molar refractivity (Wildman–Crippen MR) is 43.1 cm³/mol. The van der Waals surface area contributed by atoms with Gasteiger partial charge in [-0.3, -0.25) is 0 Å². The monoisotopic (exact) mass is 173 g/mol. The fourth-order valence-corrected chi connectivity index (χ4v) is 0.725. The second kappa shape index (κ2) is 3.85. The summed E-state index contributed by atoms with van der Waals surface area (Å²) in [6.45, 7) is -0.406. The van der Waals surface area contributed by atoms with Gasteiger partial charge in [0.15, 0.2) is 0 Å². The molecule has 0 amide bonds. The summed E-state index contributed by atoms with van der Waals surface area (Å²) in [4.78, 5) is 3.79. The number of alkyl halides is 2. The van der Waals surface area contributed by atoms with Crippen molar-refractivity contribution in [3.05, 3.63) is 18.3 Å². The van der Waals surface area contributed by atoms with E-state index < -0.39 is 13.0 Å². The van der Waals surface area contributed by atoms with E-state index in [-0.39, 0.29) is 0 Å². The maximum absolute atomic E-state index is 11.7. The summed E-state index contributed by atoms with van der Waals surface area (Å²) in [5.41, 5.74) is 5.90. The van der Waals surface area contributed by atoms with Crippen LogP contribution in [0.2, 0.25) is 0 Å². The lowest BCUT2D eigenvalue weighted by Crippen LogP contribution is -2.11. The molecule has 0 atom stereocenters. The van der Waals surface area contributed by atoms with Gasteiger partial charge in [0.2, 0.25) is 0 Å². The predicted octanol–water partition coefficient (Wildman–Crippen LogP) is 1.34. The number of nitrogens with one attached hydrogen (secondary N) is 1. The lowest BCUT2D eigenvalue weighted by atomic mass is 10.4. The Bertz CT molecular complexity index is 252. The van der Waals surface area contributed by atoms with E-state index in [4.69, 9.17) is 5.73 Å². The molecule has 3 N–H and O–H groups in total. The summed E-state index contributed by atoms with van der Waals surface area (Å²) in [7, 11) is 0. The van der Waals surface area contributed by atoms with Crippen LogP contribution in [0.5, 0.6) is 0 Å². The van der Waals surface area contributed by atoms with Crippen LogP contribution >= 0.6 is 0 Å². The Morgan fingerprint density at radius 2 is 2.33 bits per heavy atom. The first-order valence-corrected chi connectivity index (χ1v) is 3.42. The maximum Gasteiger partial charge on any atom is 0.255 e. The third-order valence-corrected chi connectivity index (χ3v) is 1.22. The van der Waals surface area contributed by atoms with Gasteiger partial charge in [0.25, 0.3) is 6.43 Å². The van der Waals surface area contributed by atoms with Crippen LogP contribution in [0.15, 0.2) is 18.3 Å². The van der Waals surface area contributed by atoms with Crippen molar-refractivity contribution < 1.29 is 8.78 Å². The van der Waals surface area contributed by atoms with Gasteiger partial charge in [-0.25, -0.2) is 13.8 Å². The van der Waals surface area contributed by atoms with Crippen molar-refractivity contribution in [2.45, 2.75) is 6.43 Å². The smallest absolute Gasteiger partial charge is 0.255 e. The van der Waals surface area contributed by atoms with Crippen LogP contribution in [0, 0.1) is 0 Å². The molecule has 1 rings (SSSR count). The molecule has 0 fully saturated rings. The molecule has 1 aromatic rings. The molecule has 0 saturated heterocycles. The SMILES string of the molecule is Nc1ccnc(NCC(F)F)c1. The second-order valence-corrected chi connectivity index (χ2v) is 2.25. The third kappa shape index (κ3) is 2.69. The maximum atomic E-state index is 11.7. The van der Waals surface area contributed by atoms with Crippen LogP contribution in [-0.4, -0.2) is 18.0 Å². The zero-order valence-corrected chi connectivity index (χ0v) is 6.30. The molecule has 0 saturated carbocycles. The standard InChI is InChI=1S/C7H9F2N3/c8-6(9)4-12-7-3-5(10)1-2-11-7/h1-3,6H,4H2,(H3,10,11,12). The van der Waals surface area contributed by atoms with Gasteiger partial charge in [-0.05, 0) is 6.07 Å². The minimum atomic E-state index is -2.38. The van der Waals surface area contributed by atoms with E-state index in [9.17, 15) is 8.78 Å². The average Bonchev–Trinajstić information content (AvgIpc) is 2.01. The first kappa shape index (κ1) is 8.70. The summed E-state index contributed by atoms with van der Waals surface area (Å²) in [6.07, 6.45) is -0.920. The summed E-state index contributed by atoms with van der Waals surface area (Å²) in [5, 5.41) is 2.44. The summed E-state index contributed by atoms with van der Waals surface area (Å²) in [5.74, 6) is 0.371. The lowest BCUT2D eigenvalue weighted by molar-refractivity contribution is 0.163. The first-order chi connectivity index (χ1) is 5.68. The molecule has 0 radical (unpaired) electrons. The highest BCUT2D eigenvalue weighted by Gasteiger charge is 2.01. The van der Waals surface area contributed by atoms with E-state index in [2.05, 4.69) is 10.3 Å². The molecule has 0 aliphatic carbocycles. The van der Waals surface area contributed by atoms with Crippen molar-refractivity contribution in [2.24, 2.45) is 0 Å². The molecule has 12 heavy (non-hydrogen) atoms. The molecule has 3 nitrogen and oxygen atoms in total. The molecule has 66 valence electrons. The Morgan fingerprint density at radius 1 is 1.58 bits per heavy atom. The minimum Gasteiger partial charge on any atom is -0.399 e. The van der Waals surface area contributed by atoms with Crippen LogP contribution in [0.4, 0.5) is 20.3 Å². The number of aromatic nitrogens is 1. The van der Waals surface area contributed by atoms with Gasteiger partial charge in [-0.1, -0.05) is 0 Å². The van der Waals surface area contributed by atoms with Gasteiger partial charge < -0.3 is 11.1 Å².